The molecule has 0 aliphatic heterocycles. The summed E-state index contributed by atoms with van der Waals surface area (Å²) in [6, 6.07) is 6.79. The fraction of sp³-hybridized carbons (Fsp3) is 0.389. The Bertz CT molecular complexity index is 839. The first kappa shape index (κ1) is 22.5. The fourth-order valence-electron chi connectivity index (χ4n) is 2.23. The number of nitrogens with zero attached hydrogens (tertiary/aromatic N) is 2. The molecule has 29 heavy (non-hydrogen) atoms. The lowest BCUT2D eigenvalue weighted by atomic mass is 10.2. The second kappa shape index (κ2) is 10.6. The van der Waals surface area contributed by atoms with Gasteiger partial charge in [-0.3, -0.25) is 4.79 Å². The minimum Gasteiger partial charge on any atom is -0.497 e. The lowest BCUT2D eigenvalue weighted by Crippen LogP contribution is -2.41. The highest BCUT2D eigenvalue weighted by atomic mass is 32.1. The van der Waals surface area contributed by atoms with E-state index in [1.165, 1.54) is 7.11 Å². The van der Waals surface area contributed by atoms with Gasteiger partial charge < -0.3 is 20.7 Å². The Kier molecular flexibility index (Phi) is 8.25. The SMILES string of the molecule is CCNC(=NCc1nc(C(F)(F)F)cs1)NCCNC(=O)c1cccc(OC)c1. The maximum absolute atomic E-state index is 12.6. The summed E-state index contributed by atoms with van der Waals surface area (Å²) < 4.78 is 42.9. The molecular weight excluding hydrogens is 407 g/mol. The summed E-state index contributed by atoms with van der Waals surface area (Å²) in [5.41, 5.74) is -0.430. The first-order chi connectivity index (χ1) is 13.8. The zero-order chi connectivity index (χ0) is 21.3. The van der Waals surface area contributed by atoms with Crippen LogP contribution in [0.4, 0.5) is 13.2 Å². The first-order valence-corrected chi connectivity index (χ1v) is 9.67. The molecule has 1 amide bonds. The summed E-state index contributed by atoms with van der Waals surface area (Å²) in [7, 11) is 1.53. The van der Waals surface area contributed by atoms with Gasteiger partial charge in [0.05, 0.1) is 13.7 Å². The van der Waals surface area contributed by atoms with Crippen molar-refractivity contribution in [1.82, 2.24) is 20.9 Å². The summed E-state index contributed by atoms with van der Waals surface area (Å²) >= 11 is 0.908. The van der Waals surface area contributed by atoms with Crippen molar-refractivity contribution in [3.8, 4) is 5.75 Å². The number of halogens is 3. The van der Waals surface area contributed by atoms with Crippen LogP contribution in [0.2, 0.25) is 0 Å². The number of guanidine groups is 1. The molecule has 0 radical (unpaired) electrons. The highest BCUT2D eigenvalue weighted by molar-refractivity contribution is 7.09. The number of hydrogen-bond acceptors (Lipinski definition) is 5. The van der Waals surface area contributed by atoms with Crippen LogP contribution in [0.5, 0.6) is 5.75 Å². The van der Waals surface area contributed by atoms with Crippen LogP contribution in [0.25, 0.3) is 0 Å². The lowest BCUT2D eigenvalue weighted by molar-refractivity contribution is -0.140. The largest absolute Gasteiger partial charge is 0.497 e. The highest BCUT2D eigenvalue weighted by Gasteiger charge is 2.33. The van der Waals surface area contributed by atoms with Crippen LogP contribution in [-0.4, -0.2) is 43.6 Å². The van der Waals surface area contributed by atoms with Gasteiger partial charge in [-0.2, -0.15) is 13.2 Å². The van der Waals surface area contributed by atoms with Gasteiger partial charge in [-0.25, -0.2) is 9.98 Å². The number of thiazole rings is 1. The number of aromatic nitrogens is 1. The molecule has 1 aromatic heterocycles. The number of amides is 1. The van der Waals surface area contributed by atoms with Crippen LogP contribution in [0, 0.1) is 0 Å². The van der Waals surface area contributed by atoms with Gasteiger partial charge in [-0.05, 0) is 25.1 Å². The van der Waals surface area contributed by atoms with E-state index in [1.807, 2.05) is 6.92 Å². The summed E-state index contributed by atoms with van der Waals surface area (Å²) in [6.07, 6.45) is -4.46. The average Bonchev–Trinajstić information content (AvgIpc) is 3.18. The molecule has 1 heterocycles. The second-order valence-electron chi connectivity index (χ2n) is 5.73. The fourth-order valence-corrected chi connectivity index (χ4v) is 2.95. The summed E-state index contributed by atoms with van der Waals surface area (Å²) in [4.78, 5) is 19.9. The molecule has 3 N–H and O–H groups in total. The van der Waals surface area contributed by atoms with Crippen molar-refractivity contribution in [2.75, 3.05) is 26.7 Å². The van der Waals surface area contributed by atoms with E-state index in [4.69, 9.17) is 4.74 Å². The van der Waals surface area contributed by atoms with Crippen molar-refractivity contribution >= 4 is 23.2 Å². The molecule has 0 fully saturated rings. The Hall–Kier alpha value is -2.82. The van der Waals surface area contributed by atoms with Crippen LogP contribution in [-0.2, 0) is 12.7 Å². The Balaban J connectivity index is 1.83. The van der Waals surface area contributed by atoms with Gasteiger partial charge in [0, 0.05) is 30.6 Å². The highest BCUT2D eigenvalue weighted by Crippen LogP contribution is 2.30. The van der Waals surface area contributed by atoms with Crippen LogP contribution in [0.15, 0.2) is 34.6 Å². The van der Waals surface area contributed by atoms with Gasteiger partial charge in [0.25, 0.3) is 5.91 Å². The van der Waals surface area contributed by atoms with E-state index in [2.05, 4.69) is 25.9 Å². The van der Waals surface area contributed by atoms with Gasteiger partial charge in [-0.15, -0.1) is 11.3 Å². The van der Waals surface area contributed by atoms with E-state index in [0.29, 0.717) is 36.9 Å². The summed E-state index contributed by atoms with van der Waals surface area (Å²) in [6.45, 7) is 3.18. The third-order valence-corrected chi connectivity index (χ3v) is 4.43. The monoisotopic (exact) mass is 429 g/mol. The second-order valence-corrected chi connectivity index (χ2v) is 6.68. The van der Waals surface area contributed by atoms with Gasteiger partial charge >= 0.3 is 6.18 Å². The third-order valence-electron chi connectivity index (χ3n) is 3.59. The van der Waals surface area contributed by atoms with Crippen LogP contribution in [0.3, 0.4) is 0 Å². The van der Waals surface area contributed by atoms with Crippen LogP contribution in [0.1, 0.15) is 28.0 Å². The summed E-state index contributed by atoms with van der Waals surface area (Å²) in [5, 5.41) is 10.0. The number of carbonyl (C=O) groups is 1. The molecule has 7 nitrogen and oxygen atoms in total. The Morgan fingerprint density at radius 1 is 1.24 bits per heavy atom. The maximum atomic E-state index is 12.6. The molecule has 0 spiro atoms. The van der Waals surface area contributed by atoms with Crippen molar-refractivity contribution in [1.29, 1.82) is 0 Å². The van der Waals surface area contributed by atoms with Gasteiger partial charge in [-0.1, -0.05) is 6.07 Å². The maximum Gasteiger partial charge on any atom is 0.434 e. The van der Waals surface area contributed by atoms with E-state index in [9.17, 15) is 18.0 Å². The topological polar surface area (TPSA) is 87.6 Å². The standard InChI is InChI=1S/C18H22F3N5O2S/c1-3-22-17(25-10-15-26-14(11-29-15)18(19,20)21)24-8-7-23-16(27)12-5-4-6-13(9-12)28-2/h4-6,9,11H,3,7-8,10H2,1-2H3,(H,23,27)(H2,22,24,25). The van der Waals surface area contributed by atoms with E-state index in [1.54, 1.807) is 24.3 Å². The average molecular weight is 429 g/mol. The van der Waals surface area contributed by atoms with Crippen molar-refractivity contribution < 1.29 is 22.7 Å². The normalized spacial score (nSPS) is 11.8. The van der Waals surface area contributed by atoms with Crippen molar-refractivity contribution in [2.24, 2.45) is 4.99 Å². The molecule has 0 saturated carbocycles. The number of rotatable bonds is 8. The van der Waals surface area contributed by atoms with E-state index in [-0.39, 0.29) is 17.5 Å². The molecule has 1 aromatic carbocycles. The molecule has 0 aliphatic carbocycles. The molecule has 0 aliphatic rings. The number of carbonyl (C=O) groups excluding carboxylic acids is 1. The van der Waals surface area contributed by atoms with Crippen molar-refractivity contribution in [3.63, 3.8) is 0 Å². The summed E-state index contributed by atoms with van der Waals surface area (Å²) in [5.74, 6) is 0.773. The Morgan fingerprint density at radius 2 is 2.00 bits per heavy atom. The smallest absolute Gasteiger partial charge is 0.434 e. The number of nitrogens with one attached hydrogen (secondary N) is 3. The number of methoxy groups -OCH3 is 1. The number of benzene rings is 1. The van der Waals surface area contributed by atoms with Crippen LogP contribution >= 0.6 is 11.3 Å². The molecule has 2 aromatic rings. The molecule has 11 heteroatoms. The minimum atomic E-state index is -4.46. The molecular formula is C18H22F3N5O2S. The number of hydrogen-bond donors (Lipinski definition) is 3. The first-order valence-electron chi connectivity index (χ1n) is 8.79. The van der Waals surface area contributed by atoms with Gasteiger partial charge in [0.15, 0.2) is 11.7 Å². The van der Waals surface area contributed by atoms with E-state index < -0.39 is 11.9 Å². The number of aliphatic imine (C=N–C) groups is 1. The van der Waals surface area contributed by atoms with Crippen molar-refractivity contribution in [2.45, 2.75) is 19.6 Å². The number of alkyl halides is 3. The Labute approximate surface area is 170 Å². The quantitative estimate of drug-likeness (QED) is 0.341. The molecule has 2 rings (SSSR count). The van der Waals surface area contributed by atoms with E-state index >= 15 is 0 Å². The molecule has 0 bridgehead atoms. The molecule has 0 atom stereocenters. The zero-order valence-electron chi connectivity index (χ0n) is 16.0. The van der Waals surface area contributed by atoms with Crippen LogP contribution < -0.4 is 20.7 Å². The lowest BCUT2D eigenvalue weighted by Gasteiger charge is -2.12. The van der Waals surface area contributed by atoms with E-state index in [0.717, 1.165) is 16.7 Å². The third kappa shape index (κ3) is 7.26. The predicted molar refractivity (Wildman–Crippen MR) is 105 cm³/mol. The van der Waals surface area contributed by atoms with Gasteiger partial charge in [0.2, 0.25) is 0 Å². The van der Waals surface area contributed by atoms with Gasteiger partial charge in [0.1, 0.15) is 10.8 Å². The molecule has 0 unspecified atom stereocenters. The number of ether oxygens (including phenoxy) is 1. The minimum absolute atomic E-state index is 0.0201. The van der Waals surface area contributed by atoms with Crippen molar-refractivity contribution in [3.05, 3.63) is 45.9 Å². The molecule has 158 valence electrons. The Morgan fingerprint density at radius 3 is 2.66 bits per heavy atom. The molecule has 0 saturated heterocycles. The zero-order valence-corrected chi connectivity index (χ0v) is 16.8. The predicted octanol–water partition coefficient (Wildman–Crippen LogP) is 2.66.